The highest BCUT2D eigenvalue weighted by Crippen LogP contribution is 2.24. The summed E-state index contributed by atoms with van der Waals surface area (Å²) in [5, 5.41) is 13.8. The number of carbonyl (C=O) groups is 1. The normalized spacial score (nSPS) is 10.1. The topological polar surface area (TPSA) is 88.4 Å². The molecular weight excluding hydrogens is 308 g/mol. The minimum absolute atomic E-state index is 0.0638. The molecule has 0 atom stereocenters. The van der Waals surface area contributed by atoms with E-state index < -0.39 is 10.8 Å². The lowest BCUT2D eigenvalue weighted by Crippen LogP contribution is -2.15. The maximum absolute atomic E-state index is 12.2. The highest BCUT2D eigenvalue weighted by atomic mass is 35.5. The third-order valence-electron chi connectivity index (χ3n) is 2.87. The molecule has 2 aromatic rings. The molecule has 1 heterocycles. The Morgan fingerprint density at radius 1 is 1.32 bits per heavy atom. The SMILES string of the molecule is CN(C)c1ccc(NC(=O)c2ccc(Cl)cc2[N+](=O)[O-])cn1. The van der Waals surface area contributed by atoms with E-state index in [2.05, 4.69) is 10.3 Å². The Bertz CT molecular complexity index is 717. The zero-order valence-electron chi connectivity index (χ0n) is 11.9. The van der Waals surface area contributed by atoms with Crippen molar-refractivity contribution in [2.45, 2.75) is 0 Å². The molecule has 1 amide bonds. The van der Waals surface area contributed by atoms with E-state index in [1.807, 2.05) is 19.0 Å². The van der Waals surface area contributed by atoms with Gasteiger partial charge in [0.25, 0.3) is 11.6 Å². The molecule has 0 bridgehead atoms. The molecule has 0 aliphatic carbocycles. The van der Waals surface area contributed by atoms with Crippen molar-refractivity contribution in [1.82, 2.24) is 4.98 Å². The Morgan fingerprint density at radius 3 is 2.59 bits per heavy atom. The van der Waals surface area contributed by atoms with Gasteiger partial charge in [0.1, 0.15) is 11.4 Å². The Kier molecular flexibility index (Phi) is 4.57. The third kappa shape index (κ3) is 3.50. The number of halogens is 1. The van der Waals surface area contributed by atoms with Crippen LogP contribution in [0, 0.1) is 10.1 Å². The van der Waals surface area contributed by atoms with E-state index in [0.29, 0.717) is 5.69 Å². The van der Waals surface area contributed by atoms with Crippen molar-refractivity contribution in [2.75, 3.05) is 24.3 Å². The van der Waals surface area contributed by atoms with Crippen LogP contribution in [0.3, 0.4) is 0 Å². The van der Waals surface area contributed by atoms with E-state index in [1.165, 1.54) is 18.3 Å². The van der Waals surface area contributed by atoms with Crippen molar-refractivity contribution in [3.8, 4) is 0 Å². The van der Waals surface area contributed by atoms with Gasteiger partial charge >= 0.3 is 0 Å². The van der Waals surface area contributed by atoms with E-state index in [4.69, 9.17) is 11.6 Å². The second kappa shape index (κ2) is 6.40. The van der Waals surface area contributed by atoms with Crippen LogP contribution in [-0.4, -0.2) is 29.9 Å². The third-order valence-corrected chi connectivity index (χ3v) is 3.10. The van der Waals surface area contributed by atoms with Crippen molar-refractivity contribution in [3.05, 3.63) is 57.2 Å². The zero-order valence-corrected chi connectivity index (χ0v) is 12.7. The van der Waals surface area contributed by atoms with Gasteiger partial charge in [-0.3, -0.25) is 14.9 Å². The van der Waals surface area contributed by atoms with Gasteiger partial charge in [-0.15, -0.1) is 0 Å². The summed E-state index contributed by atoms with van der Waals surface area (Å²) in [5.74, 6) is 0.137. The number of rotatable bonds is 4. The summed E-state index contributed by atoms with van der Waals surface area (Å²) in [4.78, 5) is 28.5. The van der Waals surface area contributed by atoms with Crippen LogP contribution in [-0.2, 0) is 0 Å². The smallest absolute Gasteiger partial charge is 0.283 e. The summed E-state index contributed by atoms with van der Waals surface area (Å²) in [6.45, 7) is 0. The fourth-order valence-corrected chi connectivity index (χ4v) is 1.94. The molecule has 1 aromatic carbocycles. The molecule has 22 heavy (non-hydrogen) atoms. The number of aromatic nitrogens is 1. The van der Waals surface area contributed by atoms with Crippen LogP contribution in [0.25, 0.3) is 0 Å². The molecule has 7 nitrogen and oxygen atoms in total. The number of pyridine rings is 1. The number of nitro groups is 1. The molecule has 0 radical (unpaired) electrons. The van der Waals surface area contributed by atoms with Crippen molar-refractivity contribution < 1.29 is 9.72 Å². The molecule has 114 valence electrons. The molecule has 2 rings (SSSR count). The molecule has 0 fully saturated rings. The van der Waals surface area contributed by atoms with Gasteiger partial charge < -0.3 is 10.2 Å². The first-order valence-corrected chi connectivity index (χ1v) is 6.65. The lowest BCUT2D eigenvalue weighted by atomic mass is 10.1. The summed E-state index contributed by atoms with van der Waals surface area (Å²) in [6, 6.07) is 7.28. The quantitative estimate of drug-likeness (QED) is 0.691. The molecule has 8 heteroatoms. The standard InChI is InChI=1S/C14H13ClN4O3/c1-18(2)13-6-4-10(8-16-13)17-14(20)11-5-3-9(15)7-12(11)19(21)22/h3-8H,1-2H3,(H,17,20). The number of nitro benzene ring substituents is 1. The largest absolute Gasteiger partial charge is 0.363 e. The lowest BCUT2D eigenvalue weighted by molar-refractivity contribution is -0.385. The van der Waals surface area contributed by atoms with Gasteiger partial charge in [-0.25, -0.2) is 4.98 Å². The predicted octanol–water partition coefficient (Wildman–Crippen LogP) is 2.96. The van der Waals surface area contributed by atoms with E-state index in [0.717, 1.165) is 11.9 Å². The first-order valence-electron chi connectivity index (χ1n) is 6.27. The fraction of sp³-hybridized carbons (Fsp3) is 0.143. The van der Waals surface area contributed by atoms with Crippen molar-refractivity contribution >= 4 is 34.7 Å². The first kappa shape index (κ1) is 15.7. The van der Waals surface area contributed by atoms with Crippen LogP contribution in [0.2, 0.25) is 5.02 Å². The minimum Gasteiger partial charge on any atom is -0.363 e. The van der Waals surface area contributed by atoms with E-state index >= 15 is 0 Å². The van der Waals surface area contributed by atoms with Crippen LogP contribution >= 0.6 is 11.6 Å². The molecule has 0 aliphatic heterocycles. The molecule has 0 aliphatic rings. The molecule has 1 aromatic heterocycles. The molecule has 1 N–H and O–H groups in total. The van der Waals surface area contributed by atoms with Crippen LogP contribution in [0.15, 0.2) is 36.5 Å². The highest BCUT2D eigenvalue weighted by Gasteiger charge is 2.20. The number of benzene rings is 1. The van der Waals surface area contributed by atoms with Crippen LogP contribution in [0.5, 0.6) is 0 Å². The fourth-order valence-electron chi connectivity index (χ4n) is 1.77. The summed E-state index contributed by atoms with van der Waals surface area (Å²) in [6.07, 6.45) is 1.48. The average Bonchev–Trinajstić information content (AvgIpc) is 2.47. The average molecular weight is 321 g/mol. The van der Waals surface area contributed by atoms with Crippen LogP contribution in [0.1, 0.15) is 10.4 Å². The maximum atomic E-state index is 12.2. The van der Waals surface area contributed by atoms with Gasteiger partial charge in [0.2, 0.25) is 0 Å². The van der Waals surface area contributed by atoms with Crippen LogP contribution in [0.4, 0.5) is 17.2 Å². The second-order valence-electron chi connectivity index (χ2n) is 4.67. The Labute approximate surface area is 131 Å². The summed E-state index contributed by atoms with van der Waals surface area (Å²) < 4.78 is 0. The number of nitrogens with zero attached hydrogens (tertiary/aromatic N) is 3. The van der Waals surface area contributed by atoms with Gasteiger partial charge in [0.05, 0.1) is 16.8 Å². The number of anilines is 2. The number of nitrogens with one attached hydrogen (secondary N) is 1. The minimum atomic E-state index is -0.645. The van der Waals surface area contributed by atoms with E-state index in [-0.39, 0.29) is 16.3 Å². The van der Waals surface area contributed by atoms with E-state index in [9.17, 15) is 14.9 Å². The Hall–Kier alpha value is -2.67. The molecular formula is C14H13ClN4O3. The predicted molar refractivity (Wildman–Crippen MR) is 84.6 cm³/mol. The molecule has 0 spiro atoms. The Balaban J connectivity index is 2.24. The second-order valence-corrected chi connectivity index (χ2v) is 5.11. The van der Waals surface area contributed by atoms with Gasteiger partial charge in [0, 0.05) is 25.2 Å². The van der Waals surface area contributed by atoms with Crippen molar-refractivity contribution in [2.24, 2.45) is 0 Å². The number of hydrogen-bond acceptors (Lipinski definition) is 5. The monoisotopic (exact) mass is 320 g/mol. The maximum Gasteiger partial charge on any atom is 0.283 e. The number of carbonyl (C=O) groups excluding carboxylic acids is 1. The lowest BCUT2D eigenvalue weighted by Gasteiger charge is -2.11. The summed E-state index contributed by atoms with van der Waals surface area (Å²) in [5.41, 5.74) is 0.0359. The number of hydrogen-bond donors (Lipinski definition) is 1. The summed E-state index contributed by atoms with van der Waals surface area (Å²) in [7, 11) is 3.69. The highest BCUT2D eigenvalue weighted by molar-refractivity contribution is 6.31. The van der Waals surface area contributed by atoms with Crippen molar-refractivity contribution in [1.29, 1.82) is 0 Å². The molecule has 0 saturated carbocycles. The van der Waals surface area contributed by atoms with Gasteiger partial charge in [-0.05, 0) is 24.3 Å². The zero-order chi connectivity index (χ0) is 16.3. The first-order chi connectivity index (χ1) is 10.4. The molecule has 0 unspecified atom stereocenters. The van der Waals surface area contributed by atoms with Gasteiger partial charge in [0.15, 0.2) is 0 Å². The van der Waals surface area contributed by atoms with Gasteiger partial charge in [-0.1, -0.05) is 11.6 Å². The van der Waals surface area contributed by atoms with Crippen LogP contribution < -0.4 is 10.2 Å². The van der Waals surface area contributed by atoms with Crippen molar-refractivity contribution in [3.63, 3.8) is 0 Å². The number of amides is 1. The van der Waals surface area contributed by atoms with Gasteiger partial charge in [-0.2, -0.15) is 0 Å². The Morgan fingerprint density at radius 2 is 2.05 bits per heavy atom. The summed E-state index contributed by atoms with van der Waals surface area (Å²) >= 11 is 5.72. The molecule has 0 saturated heterocycles. The van der Waals surface area contributed by atoms with E-state index in [1.54, 1.807) is 12.1 Å².